The van der Waals surface area contributed by atoms with Gasteiger partial charge in [0.25, 0.3) is 5.69 Å². The van der Waals surface area contributed by atoms with E-state index < -0.39 is 4.92 Å². The number of rotatable bonds is 5. The summed E-state index contributed by atoms with van der Waals surface area (Å²) in [6, 6.07) is 12.6. The SMILES string of the molecule is Cc1nc(NC(C)c2cn(-c3ccccc3)nn2)ccc1[N+](=O)[O-]. The summed E-state index contributed by atoms with van der Waals surface area (Å²) in [5, 5.41) is 22.3. The minimum absolute atomic E-state index is 0.00299. The summed E-state index contributed by atoms with van der Waals surface area (Å²) < 4.78 is 1.70. The van der Waals surface area contributed by atoms with Gasteiger partial charge in [-0.15, -0.1) is 5.10 Å². The van der Waals surface area contributed by atoms with Gasteiger partial charge in [0.2, 0.25) is 0 Å². The quantitative estimate of drug-likeness (QED) is 0.572. The monoisotopic (exact) mass is 324 g/mol. The van der Waals surface area contributed by atoms with E-state index in [1.54, 1.807) is 17.7 Å². The van der Waals surface area contributed by atoms with Crippen molar-refractivity contribution in [1.29, 1.82) is 0 Å². The lowest BCUT2D eigenvalue weighted by Gasteiger charge is -2.12. The van der Waals surface area contributed by atoms with E-state index in [0.29, 0.717) is 11.5 Å². The zero-order valence-electron chi connectivity index (χ0n) is 13.2. The van der Waals surface area contributed by atoms with Gasteiger partial charge in [0.1, 0.15) is 17.2 Å². The maximum Gasteiger partial charge on any atom is 0.290 e. The van der Waals surface area contributed by atoms with Gasteiger partial charge in [-0.25, -0.2) is 9.67 Å². The molecule has 1 atom stereocenters. The van der Waals surface area contributed by atoms with Crippen molar-refractivity contribution in [3.8, 4) is 5.69 Å². The third kappa shape index (κ3) is 3.22. The van der Waals surface area contributed by atoms with Crippen LogP contribution in [0, 0.1) is 17.0 Å². The van der Waals surface area contributed by atoms with Gasteiger partial charge in [-0.2, -0.15) is 0 Å². The number of pyridine rings is 1. The molecule has 0 radical (unpaired) electrons. The van der Waals surface area contributed by atoms with Crippen LogP contribution in [-0.4, -0.2) is 24.9 Å². The van der Waals surface area contributed by atoms with Crippen molar-refractivity contribution in [2.75, 3.05) is 5.32 Å². The van der Waals surface area contributed by atoms with Gasteiger partial charge in [0.15, 0.2) is 0 Å². The highest BCUT2D eigenvalue weighted by Crippen LogP contribution is 2.21. The predicted octanol–water partition coefficient (Wildman–Crippen LogP) is 3.05. The largest absolute Gasteiger partial charge is 0.362 e. The molecule has 8 nitrogen and oxygen atoms in total. The number of hydrogen-bond donors (Lipinski definition) is 1. The van der Waals surface area contributed by atoms with Gasteiger partial charge in [-0.3, -0.25) is 10.1 Å². The topological polar surface area (TPSA) is 98.8 Å². The number of aromatic nitrogens is 4. The normalized spacial score (nSPS) is 11.9. The lowest BCUT2D eigenvalue weighted by molar-refractivity contribution is -0.385. The van der Waals surface area contributed by atoms with Crippen molar-refractivity contribution in [2.45, 2.75) is 19.9 Å². The van der Waals surface area contributed by atoms with Gasteiger partial charge in [0.05, 0.1) is 22.8 Å². The fraction of sp³-hybridized carbons (Fsp3) is 0.188. The van der Waals surface area contributed by atoms with Crippen LogP contribution in [0.3, 0.4) is 0 Å². The third-order valence-corrected chi connectivity index (χ3v) is 3.59. The molecular weight excluding hydrogens is 308 g/mol. The molecule has 0 aliphatic rings. The molecule has 3 aromatic rings. The molecular formula is C16H16N6O2. The molecule has 2 aromatic heterocycles. The van der Waals surface area contributed by atoms with E-state index in [4.69, 9.17) is 0 Å². The molecule has 0 spiro atoms. The second-order valence-electron chi connectivity index (χ2n) is 5.35. The maximum absolute atomic E-state index is 10.8. The number of nitrogens with one attached hydrogen (secondary N) is 1. The van der Waals surface area contributed by atoms with Crippen LogP contribution in [0.4, 0.5) is 11.5 Å². The highest BCUT2D eigenvalue weighted by molar-refractivity contribution is 5.45. The summed E-state index contributed by atoms with van der Waals surface area (Å²) in [5.74, 6) is 0.555. The molecule has 122 valence electrons. The van der Waals surface area contributed by atoms with Crippen LogP contribution >= 0.6 is 0 Å². The second-order valence-corrected chi connectivity index (χ2v) is 5.35. The van der Waals surface area contributed by atoms with Gasteiger partial charge in [0, 0.05) is 6.07 Å². The number of nitrogens with zero attached hydrogens (tertiary/aromatic N) is 5. The van der Waals surface area contributed by atoms with Crippen LogP contribution in [0.1, 0.15) is 24.4 Å². The Morgan fingerprint density at radius 3 is 2.62 bits per heavy atom. The first-order chi connectivity index (χ1) is 11.5. The Balaban J connectivity index is 1.76. The number of benzene rings is 1. The number of hydrogen-bond acceptors (Lipinski definition) is 6. The molecule has 0 amide bonds. The summed E-state index contributed by atoms with van der Waals surface area (Å²) in [6.07, 6.45) is 1.84. The minimum atomic E-state index is -0.443. The number of anilines is 1. The highest BCUT2D eigenvalue weighted by Gasteiger charge is 2.15. The van der Waals surface area contributed by atoms with E-state index in [1.165, 1.54) is 6.07 Å². The van der Waals surface area contributed by atoms with Crippen LogP contribution in [0.25, 0.3) is 5.69 Å². The van der Waals surface area contributed by atoms with Gasteiger partial charge in [-0.1, -0.05) is 23.4 Å². The average molecular weight is 324 g/mol. The van der Waals surface area contributed by atoms with Crippen molar-refractivity contribution in [3.63, 3.8) is 0 Å². The van der Waals surface area contributed by atoms with Gasteiger partial charge < -0.3 is 5.32 Å². The Hall–Kier alpha value is -3.29. The molecule has 0 aliphatic carbocycles. The van der Waals surface area contributed by atoms with Gasteiger partial charge >= 0.3 is 0 Å². The van der Waals surface area contributed by atoms with Crippen molar-refractivity contribution in [1.82, 2.24) is 20.0 Å². The molecule has 1 N–H and O–H groups in total. The Kier molecular flexibility index (Phi) is 4.19. The second kappa shape index (κ2) is 6.45. The molecule has 24 heavy (non-hydrogen) atoms. The fourth-order valence-corrected chi connectivity index (χ4v) is 2.30. The number of nitro groups is 1. The van der Waals surface area contributed by atoms with Gasteiger partial charge in [-0.05, 0) is 32.0 Å². The van der Waals surface area contributed by atoms with Crippen molar-refractivity contribution in [2.24, 2.45) is 0 Å². The zero-order chi connectivity index (χ0) is 17.1. The predicted molar refractivity (Wildman–Crippen MR) is 89.0 cm³/mol. The molecule has 0 fully saturated rings. The highest BCUT2D eigenvalue weighted by atomic mass is 16.6. The van der Waals surface area contributed by atoms with Crippen molar-refractivity contribution >= 4 is 11.5 Å². The number of para-hydroxylation sites is 1. The van der Waals surface area contributed by atoms with Crippen LogP contribution in [0.15, 0.2) is 48.7 Å². The van der Waals surface area contributed by atoms with Crippen molar-refractivity contribution < 1.29 is 4.92 Å². The van der Waals surface area contributed by atoms with E-state index >= 15 is 0 Å². The summed E-state index contributed by atoms with van der Waals surface area (Å²) in [4.78, 5) is 14.6. The Bertz CT molecular complexity index is 862. The van der Waals surface area contributed by atoms with Crippen molar-refractivity contribution in [3.05, 3.63) is 70.2 Å². The number of aryl methyl sites for hydroxylation is 1. The lowest BCUT2D eigenvalue weighted by atomic mass is 10.2. The van der Waals surface area contributed by atoms with E-state index in [-0.39, 0.29) is 11.7 Å². The van der Waals surface area contributed by atoms with E-state index in [9.17, 15) is 10.1 Å². The summed E-state index contributed by atoms with van der Waals surface area (Å²) in [7, 11) is 0. The van der Waals surface area contributed by atoms with Crippen LogP contribution in [0.2, 0.25) is 0 Å². The molecule has 0 aliphatic heterocycles. The third-order valence-electron chi connectivity index (χ3n) is 3.59. The van der Waals surface area contributed by atoms with Crippen LogP contribution < -0.4 is 5.32 Å². The molecule has 0 saturated heterocycles. The van der Waals surface area contributed by atoms with Crippen LogP contribution in [0.5, 0.6) is 0 Å². The Morgan fingerprint density at radius 1 is 1.21 bits per heavy atom. The average Bonchev–Trinajstić information content (AvgIpc) is 3.05. The molecule has 1 unspecified atom stereocenters. The first kappa shape index (κ1) is 15.6. The first-order valence-corrected chi connectivity index (χ1v) is 7.41. The lowest BCUT2D eigenvalue weighted by Crippen LogP contribution is -2.09. The Labute approximate surface area is 138 Å². The smallest absolute Gasteiger partial charge is 0.290 e. The molecule has 0 saturated carbocycles. The van der Waals surface area contributed by atoms with E-state index in [2.05, 4.69) is 20.6 Å². The maximum atomic E-state index is 10.8. The summed E-state index contributed by atoms with van der Waals surface area (Å²) in [6.45, 7) is 3.54. The molecule has 0 bridgehead atoms. The molecule has 1 aromatic carbocycles. The van der Waals surface area contributed by atoms with E-state index in [1.807, 2.05) is 43.5 Å². The summed E-state index contributed by atoms with van der Waals surface area (Å²) >= 11 is 0. The zero-order valence-corrected chi connectivity index (χ0v) is 13.2. The first-order valence-electron chi connectivity index (χ1n) is 7.41. The fourth-order valence-electron chi connectivity index (χ4n) is 2.30. The Morgan fingerprint density at radius 2 is 1.96 bits per heavy atom. The molecule has 2 heterocycles. The molecule has 8 heteroatoms. The summed E-state index contributed by atoms with van der Waals surface area (Å²) in [5.41, 5.74) is 2.04. The molecule has 3 rings (SSSR count). The minimum Gasteiger partial charge on any atom is -0.362 e. The standard InChI is InChI=1S/C16H16N6O2/c1-11(17-16-9-8-15(22(23)24)12(2)18-16)14-10-21(20-19-14)13-6-4-3-5-7-13/h3-11H,1-2H3,(H,17,18). The van der Waals surface area contributed by atoms with Crippen LogP contribution in [-0.2, 0) is 0 Å². The van der Waals surface area contributed by atoms with E-state index in [0.717, 1.165) is 11.4 Å².